The Morgan fingerprint density at radius 1 is 1.29 bits per heavy atom. The zero-order chi connectivity index (χ0) is 15.9. The number of rotatable bonds is 8. The molecule has 5 heteroatoms. The predicted molar refractivity (Wildman–Crippen MR) is 86.6 cm³/mol. The molecule has 4 nitrogen and oxygen atoms in total. The van der Waals surface area contributed by atoms with Gasteiger partial charge in [0.2, 0.25) is 0 Å². The van der Waals surface area contributed by atoms with Gasteiger partial charge in [0.15, 0.2) is 0 Å². The van der Waals surface area contributed by atoms with Crippen LogP contribution in [0.1, 0.15) is 42.6 Å². The van der Waals surface area contributed by atoms with E-state index in [1.54, 1.807) is 17.8 Å². The minimum Gasteiger partial charge on any atom is -0.481 e. The van der Waals surface area contributed by atoms with Gasteiger partial charge in [-0.1, -0.05) is 26.0 Å². The van der Waals surface area contributed by atoms with Crippen LogP contribution in [-0.4, -0.2) is 29.8 Å². The van der Waals surface area contributed by atoms with E-state index < -0.39 is 11.4 Å². The maximum Gasteiger partial charge on any atom is 0.311 e. The fourth-order valence-electron chi connectivity index (χ4n) is 2.20. The largest absolute Gasteiger partial charge is 0.481 e. The van der Waals surface area contributed by atoms with Crippen LogP contribution in [0.15, 0.2) is 24.3 Å². The van der Waals surface area contributed by atoms with Gasteiger partial charge in [0.25, 0.3) is 5.91 Å². The van der Waals surface area contributed by atoms with E-state index in [0.717, 1.165) is 11.3 Å². The Hall–Kier alpha value is -1.49. The van der Waals surface area contributed by atoms with Crippen molar-refractivity contribution >= 4 is 23.6 Å². The molecule has 0 atom stereocenters. The lowest BCUT2D eigenvalue weighted by molar-refractivity contribution is -0.149. The number of carboxylic acid groups (broad SMARTS) is 1. The molecule has 0 fully saturated rings. The van der Waals surface area contributed by atoms with E-state index in [9.17, 15) is 14.7 Å². The molecule has 0 bridgehead atoms. The van der Waals surface area contributed by atoms with Gasteiger partial charge < -0.3 is 10.4 Å². The number of carbonyl (C=O) groups excluding carboxylic acids is 1. The number of thioether (sulfide) groups is 1. The smallest absolute Gasteiger partial charge is 0.311 e. The third-order valence-electron chi connectivity index (χ3n) is 3.89. The van der Waals surface area contributed by atoms with E-state index in [2.05, 4.69) is 5.32 Å². The van der Waals surface area contributed by atoms with Crippen molar-refractivity contribution < 1.29 is 14.7 Å². The molecule has 0 unspecified atom stereocenters. The predicted octanol–water partition coefficient (Wildman–Crippen LogP) is 3.17. The van der Waals surface area contributed by atoms with Crippen LogP contribution in [0, 0.1) is 5.41 Å². The monoisotopic (exact) mass is 309 g/mol. The first-order valence-electron chi connectivity index (χ1n) is 7.08. The van der Waals surface area contributed by atoms with Crippen molar-refractivity contribution in [1.82, 2.24) is 5.32 Å². The Balaban J connectivity index is 2.77. The van der Waals surface area contributed by atoms with Crippen molar-refractivity contribution in [2.75, 3.05) is 12.8 Å². The maximum absolute atomic E-state index is 12.2. The summed E-state index contributed by atoms with van der Waals surface area (Å²) in [7, 11) is 0. The first-order valence-corrected chi connectivity index (χ1v) is 8.48. The third kappa shape index (κ3) is 4.49. The lowest BCUT2D eigenvalue weighted by Crippen LogP contribution is -2.42. The second-order valence-electron chi connectivity index (χ2n) is 5.11. The van der Waals surface area contributed by atoms with Crippen LogP contribution >= 0.6 is 11.8 Å². The van der Waals surface area contributed by atoms with Crippen molar-refractivity contribution in [1.29, 1.82) is 0 Å². The molecule has 0 heterocycles. The highest BCUT2D eigenvalue weighted by atomic mass is 32.2. The van der Waals surface area contributed by atoms with Crippen LogP contribution in [0.5, 0.6) is 0 Å². The Kier molecular flexibility index (Phi) is 6.75. The number of carbonyl (C=O) groups is 2. The lowest BCUT2D eigenvalue weighted by atomic mass is 9.82. The molecule has 21 heavy (non-hydrogen) atoms. The van der Waals surface area contributed by atoms with Gasteiger partial charge in [-0.05, 0) is 36.8 Å². The van der Waals surface area contributed by atoms with E-state index >= 15 is 0 Å². The fourth-order valence-corrected chi connectivity index (χ4v) is 2.71. The highest BCUT2D eigenvalue weighted by Crippen LogP contribution is 2.25. The topological polar surface area (TPSA) is 66.4 Å². The molecule has 0 aliphatic carbocycles. The molecule has 0 radical (unpaired) electrons. The summed E-state index contributed by atoms with van der Waals surface area (Å²) in [6.45, 7) is 3.83. The van der Waals surface area contributed by atoms with Gasteiger partial charge in [-0.2, -0.15) is 11.8 Å². The fraction of sp³-hybridized carbons (Fsp3) is 0.500. The Morgan fingerprint density at radius 2 is 1.95 bits per heavy atom. The number of carboxylic acids is 1. The third-order valence-corrected chi connectivity index (χ3v) is 4.52. The zero-order valence-electron chi connectivity index (χ0n) is 12.8. The van der Waals surface area contributed by atoms with Crippen molar-refractivity contribution in [2.24, 2.45) is 5.41 Å². The quantitative estimate of drug-likeness (QED) is 0.774. The van der Waals surface area contributed by atoms with Gasteiger partial charge in [-0.15, -0.1) is 0 Å². The van der Waals surface area contributed by atoms with Gasteiger partial charge in [0.05, 0.1) is 5.41 Å². The van der Waals surface area contributed by atoms with Crippen molar-refractivity contribution in [3.63, 3.8) is 0 Å². The summed E-state index contributed by atoms with van der Waals surface area (Å²) in [4.78, 5) is 23.6. The summed E-state index contributed by atoms with van der Waals surface area (Å²) < 4.78 is 0. The first-order chi connectivity index (χ1) is 9.99. The summed E-state index contributed by atoms with van der Waals surface area (Å²) in [5.74, 6) is -0.223. The number of hydrogen-bond donors (Lipinski definition) is 2. The number of benzene rings is 1. The molecule has 1 amide bonds. The molecule has 1 aromatic carbocycles. The van der Waals surface area contributed by atoms with E-state index in [4.69, 9.17) is 0 Å². The second kappa shape index (κ2) is 8.08. The molecule has 0 saturated heterocycles. The van der Waals surface area contributed by atoms with Crippen LogP contribution in [0.2, 0.25) is 0 Å². The van der Waals surface area contributed by atoms with Gasteiger partial charge in [0.1, 0.15) is 0 Å². The molecule has 0 aromatic heterocycles. The van der Waals surface area contributed by atoms with Crippen LogP contribution in [-0.2, 0) is 10.5 Å². The van der Waals surface area contributed by atoms with Crippen LogP contribution < -0.4 is 5.32 Å². The minimum atomic E-state index is -0.882. The van der Waals surface area contributed by atoms with E-state index in [1.165, 1.54) is 0 Å². The SMILES string of the molecule is CCC(CC)(CNC(=O)c1cccc(CSC)c1)C(=O)O. The van der Waals surface area contributed by atoms with E-state index in [0.29, 0.717) is 18.4 Å². The molecular weight excluding hydrogens is 286 g/mol. The average molecular weight is 309 g/mol. The summed E-state index contributed by atoms with van der Waals surface area (Å²) in [6.07, 6.45) is 2.99. The highest BCUT2D eigenvalue weighted by molar-refractivity contribution is 7.97. The number of aliphatic carboxylic acids is 1. The van der Waals surface area contributed by atoms with E-state index in [1.807, 2.05) is 38.3 Å². The Bertz CT molecular complexity index is 498. The number of hydrogen-bond acceptors (Lipinski definition) is 3. The standard InChI is InChI=1S/C16H23NO3S/c1-4-16(5-2,15(19)20)11-17-14(18)13-8-6-7-12(9-13)10-21-3/h6-9H,4-5,10-11H2,1-3H3,(H,17,18)(H,19,20). The van der Waals surface area contributed by atoms with Crippen molar-refractivity contribution in [2.45, 2.75) is 32.4 Å². The van der Waals surface area contributed by atoms with Gasteiger partial charge in [-0.25, -0.2) is 0 Å². The zero-order valence-corrected chi connectivity index (χ0v) is 13.6. The molecule has 1 aromatic rings. The normalized spacial score (nSPS) is 11.2. The summed E-state index contributed by atoms with van der Waals surface area (Å²) in [6, 6.07) is 7.43. The molecule has 0 aliphatic rings. The second-order valence-corrected chi connectivity index (χ2v) is 5.97. The van der Waals surface area contributed by atoms with Crippen molar-refractivity contribution in [3.05, 3.63) is 35.4 Å². The molecule has 0 aliphatic heterocycles. The van der Waals surface area contributed by atoms with Gasteiger partial charge in [-0.3, -0.25) is 9.59 Å². The Labute approximate surface area is 130 Å². The summed E-state index contributed by atoms with van der Waals surface area (Å²) in [5.41, 5.74) is 0.783. The summed E-state index contributed by atoms with van der Waals surface area (Å²) >= 11 is 1.69. The number of amides is 1. The van der Waals surface area contributed by atoms with Crippen LogP contribution in [0.4, 0.5) is 0 Å². The first kappa shape index (κ1) is 17.6. The summed E-state index contributed by atoms with van der Waals surface area (Å²) in [5, 5.41) is 12.1. The van der Waals surface area contributed by atoms with Crippen LogP contribution in [0.3, 0.4) is 0 Å². The van der Waals surface area contributed by atoms with Gasteiger partial charge in [0, 0.05) is 17.9 Å². The molecule has 0 saturated carbocycles. The molecular formula is C16H23NO3S. The lowest BCUT2D eigenvalue weighted by Gasteiger charge is -2.26. The molecule has 116 valence electrons. The van der Waals surface area contributed by atoms with Gasteiger partial charge >= 0.3 is 5.97 Å². The average Bonchev–Trinajstić information content (AvgIpc) is 2.49. The highest BCUT2D eigenvalue weighted by Gasteiger charge is 2.35. The Morgan fingerprint density at radius 3 is 2.48 bits per heavy atom. The maximum atomic E-state index is 12.2. The molecule has 0 spiro atoms. The van der Waals surface area contributed by atoms with Crippen molar-refractivity contribution in [3.8, 4) is 0 Å². The van der Waals surface area contributed by atoms with Crippen LogP contribution in [0.25, 0.3) is 0 Å². The van der Waals surface area contributed by atoms with E-state index in [-0.39, 0.29) is 12.5 Å². The molecule has 1 rings (SSSR count). The molecule has 2 N–H and O–H groups in total. The number of nitrogens with one attached hydrogen (secondary N) is 1. The minimum absolute atomic E-state index is 0.154.